The van der Waals surface area contributed by atoms with E-state index in [4.69, 9.17) is 0 Å². The van der Waals surface area contributed by atoms with Crippen LogP contribution in [0.25, 0.3) is 53.2 Å². The van der Waals surface area contributed by atoms with E-state index in [0.29, 0.717) is 0 Å². The summed E-state index contributed by atoms with van der Waals surface area (Å²) in [7, 11) is 0. The Labute approximate surface area is 325 Å². The molecule has 0 unspecified atom stereocenters. The lowest BCUT2D eigenvalue weighted by Gasteiger charge is -2.35. The Hall–Kier alpha value is -6.94. The second kappa shape index (κ2) is 14.1. The van der Waals surface area contributed by atoms with Crippen molar-refractivity contribution in [3.05, 3.63) is 218 Å². The molecule has 0 saturated heterocycles. The van der Waals surface area contributed by atoms with E-state index in [1.54, 1.807) is 0 Å². The zero-order valence-corrected chi connectivity index (χ0v) is 30.9. The lowest BCUT2D eigenvalue weighted by molar-refractivity contribution is 1.24. The third-order valence-corrected chi connectivity index (χ3v) is 11.7. The topological polar surface area (TPSA) is 6.48 Å². The van der Waals surface area contributed by atoms with Crippen molar-refractivity contribution in [2.75, 3.05) is 9.80 Å². The van der Waals surface area contributed by atoms with Gasteiger partial charge in [-0.3, -0.25) is 0 Å². The van der Waals surface area contributed by atoms with E-state index in [1.165, 1.54) is 42.1 Å². The van der Waals surface area contributed by atoms with Gasteiger partial charge >= 0.3 is 0 Å². The summed E-state index contributed by atoms with van der Waals surface area (Å²) >= 11 is 1.89. The Bertz CT molecular complexity index is 2920. The predicted molar refractivity (Wildman–Crippen MR) is 237 cm³/mol. The van der Waals surface area contributed by atoms with Crippen LogP contribution < -0.4 is 9.80 Å². The van der Waals surface area contributed by atoms with Crippen molar-refractivity contribution in [3.8, 4) is 22.3 Å². The molecule has 0 bridgehead atoms. The fraction of sp³-hybridized carbons (Fsp3) is 0. The molecular weight excluding hydrogens is 685 g/mol. The van der Waals surface area contributed by atoms with Gasteiger partial charge in [0.2, 0.25) is 0 Å². The van der Waals surface area contributed by atoms with E-state index < -0.39 is 0 Å². The molecule has 55 heavy (non-hydrogen) atoms. The van der Waals surface area contributed by atoms with Gasteiger partial charge in [-0.2, -0.15) is 0 Å². The number of rotatable bonds is 8. The van der Waals surface area contributed by atoms with E-state index >= 15 is 0 Å². The number of anilines is 6. The number of hydrogen-bond donors (Lipinski definition) is 0. The first-order valence-corrected chi connectivity index (χ1v) is 19.5. The van der Waals surface area contributed by atoms with Crippen molar-refractivity contribution in [1.82, 2.24) is 0 Å². The minimum Gasteiger partial charge on any atom is -0.308 e. The van der Waals surface area contributed by atoms with Gasteiger partial charge in [-0.25, -0.2) is 0 Å². The standard InChI is InChI=1S/C52H36N2S/c1-5-19-37(20-6-1)42-28-15-17-31-47(42)53(40-24-9-3-10-25-40)49-36-35-46-45-34-33-39-23-13-14-30-44(39)51(45)55-52(46)50(49)54(41-26-11-4-12-27-41)48-32-18-16-29-43(48)38-21-7-2-8-22-38/h1-36H. The van der Waals surface area contributed by atoms with Crippen LogP contribution in [0.2, 0.25) is 0 Å². The number of thiophene rings is 1. The highest BCUT2D eigenvalue weighted by Gasteiger charge is 2.28. The van der Waals surface area contributed by atoms with Crippen LogP contribution in [-0.2, 0) is 0 Å². The molecule has 0 radical (unpaired) electrons. The monoisotopic (exact) mass is 720 g/mol. The van der Waals surface area contributed by atoms with Crippen molar-refractivity contribution in [2.45, 2.75) is 0 Å². The van der Waals surface area contributed by atoms with E-state index in [0.717, 1.165) is 45.3 Å². The average molecular weight is 721 g/mol. The molecular formula is C52H36N2S. The Morgan fingerprint density at radius 2 is 0.745 bits per heavy atom. The van der Waals surface area contributed by atoms with Gasteiger partial charge in [0.25, 0.3) is 0 Å². The minimum absolute atomic E-state index is 1.09. The van der Waals surface area contributed by atoms with Gasteiger partial charge in [0.05, 0.1) is 27.4 Å². The van der Waals surface area contributed by atoms with Crippen LogP contribution in [0.5, 0.6) is 0 Å². The van der Waals surface area contributed by atoms with Gasteiger partial charge in [-0.05, 0) is 64.4 Å². The molecule has 2 nitrogen and oxygen atoms in total. The Morgan fingerprint density at radius 1 is 0.291 bits per heavy atom. The molecule has 10 rings (SSSR count). The SMILES string of the molecule is c1ccc(-c2ccccc2N(c2ccccc2)c2ccc3c(sc4c5ccccc5ccc34)c2N(c2ccccc2)c2ccccc2-c2ccccc2)cc1. The molecule has 0 aliphatic carbocycles. The maximum absolute atomic E-state index is 2.50. The highest BCUT2D eigenvalue weighted by Crippen LogP contribution is 2.55. The van der Waals surface area contributed by atoms with Crippen molar-refractivity contribution >= 4 is 76.4 Å². The maximum Gasteiger partial charge on any atom is 0.0883 e. The third-order valence-electron chi connectivity index (χ3n) is 10.4. The van der Waals surface area contributed by atoms with Crippen LogP contribution >= 0.6 is 11.3 Å². The van der Waals surface area contributed by atoms with Gasteiger partial charge < -0.3 is 9.80 Å². The number of nitrogens with zero attached hydrogens (tertiary/aromatic N) is 2. The number of para-hydroxylation sites is 4. The smallest absolute Gasteiger partial charge is 0.0883 e. The maximum atomic E-state index is 2.50. The summed E-state index contributed by atoms with van der Waals surface area (Å²) < 4.78 is 2.53. The molecule has 3 heteroatoms. The normalized spacial score (nSPS) is 11.3. The molecule has 0 aliphatic rings. The molecule has 0 aliphatic heterocycles. The first-order valence-electron chi connectivity index (χ1n) is 18.7. The summed E-state index contributed by atoms with van der Waals surface area (Å²) in [4.78, 5) is 4.96. The fourth-order valence-electron chi connectivity index (χ4n) is 7.95. The third kappa shape index (κ3) is 5.83. The number of fused-ring (bicyclic) bond motifs is 5. The highest BCUT2D eigenvalue weighted by atomic mass is 32.1. The first kappa shape index (κ1) is 32.7. The molecule has 0 N–H and O–H groups in total. The summed E-state index contributed by atoms with van der Waals surface area (Å²) in [5.74, 6) is 0. The van der Waals surface area contributed by atoms with Crippen LogP contribution in [0.15, 0.2) is 218 Å². The van der Waals surface area contributed by atoms with Crippen LogP contribution in [0.3, 0.4) is 0 Å². The van der Waals surface area contributed by atoms with Gasteiger partial charge in [0, 0.05) is 38.0 Å². The lowest BCUT2D eigenvalue weighted by atomic mass is 9.99. The zero-order chi connectivity index (χ0) is 36.6. The van der Waals surface area contributed by atoms with E-state index in [-0.39, 0.29) is 0 Å². The summed E-state index contributed by atoms with van der Waals surface area (Å²) in [6, 6.07) is 78.8. The van der Waals surface area contributed by atoms with Gasteiger partial charge in [0.15, 0.2) is 0 Å². The second-order valence-corrected chi connectivity index (χ2v) is 14.7. The summed E-state index contributed by atoms with van der Waals surface area (Å²) in [6.45, 7) is 0. The molecule has 1 aromatic heterocycles. The molecule has 10 aromatic rings. The van der Waals surface area contributed by atoms with Crippen molar-refractivity contribution in [1.29, 1.82) is 0 Å². The molecule has 0 fully saturated rings. The van der Waals surface area contributed by atoms with Gasteiger partial charge in [-0.15, -0.1) is 11.3 Å². The minimum atomic E-state index is 1.09. The average Bonchev–Trinajstić information content (AvgIpc) is 3.66. The first-order chi connectivity index (χ1) is 27.3. The molecule has 0 saturated carbocycles. The molecule has 260 valence electrons. The van der Waals surface area contributed by atoms with Gasteiger partial charge in [0.1, 0.15) is 0 Å². The van der Waals surface area contributed by atoms with Crippen LogP contribution in [-0.4, -0.2) is 0 Å². The van der Waals surface area contributed by atoms with E-state index in [9.17, 15) is 0 Å². The Kier molecular flexibility index (Phi) is 8.40. The zero-order valence-electron chi connectivity index (χ0n) is 30.1. The summed E-state index contributed by atoms with van der Waals surface area (Å²) in [5.41, 5.74) is 11.3. The number of benzene rings is 9. The van der Waals surface area contributed by atoms with Crippen LogP contribution in [0.4, 0.5) is 34.1 Å². The Morgan fingerprint density at radius 3 is 1.36 bits per heavy atom. The van der Waals surface area contributed by atoms with Gasteiger partial charge in [-0.1, -0.05) is 176 Å². The summed E-state index contributed by atoms with van der Waals surface area (Å²) in [6.07, 6.45) is 0. The second-order valence-electron chi connectivity index (χ2n) is 13.7. The number of hydrogen-bond acceptors (Lipinski definition) is 3. The largest absolute Gasteiger partial charge is 0.308 e. The predicted octanol–water partition coefficient (Wildman–Crippen LogP) is 15.5. The van der Waals surface area contributed by atoms with E-state index in [2.05, 4.69) is 228 Å². The fourth-order valence-corrected chi connectivity index (χ4v) is 9.32. The van der Waals surface area contributed by atoms with Crippen LogP contribution in [0.1, 0.15) is 0 Å². The quantitative estimate of drug-likeness (QED) is 0.154. The molecule has 0 atom stereocenters. The molecule has 9 aromatic carbocycles. The van der Waals surface area contributed by atoms with Crippen molar-refractivity contribution < 1.29 is 0 Å². The Balaban J connectivity index is 1.37. The van der Waals surface area contributed by atoms with E-state index in [1.807, 2.05) is 11.3 Å². The van der Waals surface area contributed by atoms with Crippen molar-refractivity contribution in [2.24, 2.45) is 0 Å². The molecule has 0 spiro atoms. The summed E-state index contributed by atoms with van der Waals surface area (Å²) in [5, 5.41) is 5.04. The van der Waals surface area contributed by atoms with Crippen molar-refractivity contribution in [3.63, 3.8) is 0 Å². The van der Waals surface area contributed by atoms with Crippen LogP contribution in [0, 0.1) is 0 Å². The molecule has 1 heterocycles. The molecule has 0 amide bonds. The highest BCUT2D eigenvalue weighted by molar-refractivity contribution is 7.27. The lowest BCUT2D eigenvalue weighted by Crippen LogP contribution is -2.18.